The maximum atomic E-state index is 12.8. The molecule has 3 heteroatoms. The summed E-state index contributed by atoms with van der Waals surface area (Å²) >= 11 is 5.80. The van der Waals surface area contributed by atoms with E-state index in [2.05, 4.69) is 11.8 Å². The van der Waals surface area contributed by atoms with Crippen LogP contribution in [0.5, 0.6) is 0 Å². The molecule has 0 N–H and O–H groups in total. The zero-order chi connectivity index (χ0) is 13.0. The van der Waals surface area contributed by atoms with Crippen LogP contribution in [-0.4, -0.2) is 29.3 Å². The molecular formula is C15H26ClNO. The van der Waals surface area contributed by atoms with Crippen molar-refractivity contribution in [2.45, 2.75) is 70.8 Å². The molecule has 2 rings (SSSR count). The summed E-state index contributed by atoms with van der Waals surface area (Å²) in [7, 11) is 0. The number of amides is 1. The zero-order valence-corrected chi connectivity index (χ0v) is 12.3. The minimum atomic E-state index is -0.0832. The third-order valence-corrected chi connectivity index (χ3v) is 5.05. The molecule has 1 amide bonds. The van der Waals surface area contributed by atoms with Gasteiger partial charge in [-0.2, -0.15) is 0 Å². The molecule has 0 spiro atoms. The molecule has 0 atom stereocenters. The lowest BCUT2D eigenvalue weighted by Crippen LogP contribution is -2.51. The van der Waals surface area contributed by atoms with Crippen molar-refractivity contribution in [2.24, 2.45) is 5.41 Å². The smallest absolute Gasteiger partial charge is 0.228 e. The van der Waals surface area contributed by atoms with E-state index in [9.17, 15) is 4.79 Å². The minimum absolute atomic E-state index is 0.0832. The lowest BCUT2D eigenvalue weighted by atomic mass is 9.74. The summed E-state index contributed by atoms with van der Waals surface area (Å²) in [6.45, 7) is 3.05. The molecule has 2 nitrogen and oxygen atoms in total. The predicted molar refractivity (Wildman–Crippen MR) is 75.9 cm³/mol. The van der Waals surface area contributed by atoms with E-state index in [-0.39, 0.29) is 5.41 Å². The van der Waals surface area contributed by atoms with Crippen LogP contribution in [0.15, 0.2) is 0 Å². The number of nitrogens with zero attached hydrogens (tertiary/aromatic N) is 1. The van der Waals surface area contributed by atoms with E-state index in [1.807, 2.05) is 0 Å². The highest BCUT2D eigenvalue weighted by Gasteiger charge is 2.40. The Kier molecular flexibility index (Phi) is 4.94. The second-order valence-corrected chi connectivity index (χ2v) is 6.63. The van der Waals surface area contributed by atoms with E-state index in [0.717, 1.165) is 25.8 Å². The number of halogens is 1. The lowest BCUT2D eigenvalue weighted by molar-refractivity contribution is -0.147. The number of hydrogen-bond donors (Lipinski definition) is 0. The number of alkyl halides is 1. The molecule has 0 aliphatic heterocycles. The van der Waals surface area contributed by atoms with Gasteiger partial charge in [0.25, 0.3) is 0 Å². The van der Waals surface area contributed by atoms with Crippen molar-refractivity contribution in [2.75, 3.05) is 12.4 Å². The highest BCUT2D eigenvalue weighted by Crippen LogP contribution is 2.39. The summed E-state index contributed by atoms with van der Waals surface area (Å²) in [5.74, 6) is 1.07. The molecule has 0 aromatic rings. The van der Waals surface area contributed by atoms with Gasteiger partial charge in [-0.05, 0) is 38.5 Å². The Morgan fingerprint density at radius 3 is 2.39 bits per heavy atom. The van der Waals surface area contributed by atoms with Crippen LogP contribution < -0.4 is 0 Å². The number of hydrogen-bond acceptors (Lipinski definition) is 1. The zero-order valence-electron chi connectivity index (χ0n) is 11.6. The van der Waals surface area contributed by atoms with Crippen molar-refractivity contribution < 1.29 is 4.79 Å². The molecule has 0 heterocycles. The summed E-state index contributed by atoms with van der Waals surface area (Å²) in [6.07, 6.45) is 10.5. The molecule has 2 aliphatic carbocycles. The van der Waals surface area contributed by atoms with Crippen LogP contribution in [0.3, 0.4) is 0 Å². The fourth-order valence-electron chi connectivity index (χ4n) is 3.27. The SMILES string of the molecule is CC1(C(=O)N(CCCCl)C2CCC2)CCCCC1. The number of carbonyl (C=O) groups is 1. The van der Waals surface area contributed by atoms with Crippen molar-refractivity contribution in [3.05, 3.63) is 0 Å². The van der Waals surface area contributed by atoms with Crippen LogP contribution >= 0.6 is 11.6 Å². The van der Waals surface area contributed by atoms with Crippen LogP contribution in [-0.2, 0) is 4.79 Å². The molecule has 0 saturated heterocycles. The van der Waals surface area contributed by atoms with Gasteiger partial charge in [-0.1, -0.05) is 26.2 Å². The van der Waals surface area contributed by atoms with Gasteiger partial charge in [0.2, 0.25) is 5.91 Å². The Hall–Kier alpha value is -0.240. The Balaban J connectivity index is 2.01. The van der Waals surface area contributed by atoms with Gasteiger partial charge in [0.05, 0.1) is 0 Å². The fraction of sp³-hybridized carbons (Fsp3) is 0.933. The third-order valence-electron chi connectivity index (χ3n) is 4.78. The molecule has 0 bridgehead atoms. The quantitative estimate of drug-likeness (QED) is 0.693. The second kappa shape index (κ2) is 6.27. The Morgan fingerprint density at radius 1 is 1.22 bits per heavy atom. The van der Waals surface area contributed by atoms with Crippen LogP contribution in [0.4, 0.5) is 0 Å². The van der Waals surface area contributed by atoms with E-state index in [4.69, 9.17) is 11.6 Å². The van der Waals surface area contributed by atoms with Gasteiger partial charge in [0.1, 0.15) is 0 Å². The van der Waals surface area contributed by atoms with Crippen LogP contribution in [0.25, 0.3) is 0 Å². The molecule has 0 aromatic heterocycles. The van der Waals surface area contributed by atoms with Gasteiger partial charge in [-0.3, -0.25) is 4.79 Å². The Bertz CT molecular complexity index is 282. The molecule has 0 radical (unpaired) electrons. The molecule has 0 unspecified atom stereocenters. The summed E-state index contributed by atoms with van der Waals surface area (Å²) in [5, 5.41) is 0. The highest BCUT2D eigenvalue weighted by molar-refractivity contribution is 6.17. The van der Waals surface area contributed by atoms with E-state index in [1.54, 1.807) is 0 Å². The van der Waals surface area contributed by atoms with Crippen molar-refractivity contribution >= 4 is 17.5 Å². The Morgan fingerprint density at radius 2 is 1.89 bits per heavy atom. The summed E-state index contributed by atoms with van der Waals surface area (Å²) in [6, 6.07) is 0.513. The van der Waals surface area contributed by atoms with Crippen LogP contribution in [0.1, 0.15) is 64.7 Å². The van der Waals surface area contributed by atoms with E-state index >= 15 is 0 Å². The van der Waals surface area contributed by atoms with Gasteiger partial charge in [-0.15, -0.1) is 11.6 Å². The summed E-state index contributed by atoms with van der Waals surface area (Å²) in [4.78, 5) is 15.0. The summed E-state index contributed by atoms with van der Waals surface area (Å²) in [5.41, 5.74) is -0.0832. The molecule has 0 aromatic carbocycles. The molecule has 2 fully saturated rings. The van der Waals surface area contributed by atoms with E-state index < -0.39 is 0 Å². The topological polar surface area (TPSA) is 20.3 Å². The first kappa shape index (κ1) is 14.2. The first-order valence-corrected chi connectivity index (χ1v) is 8.08. The van der Waals surface area contributed by atoms with Gasteiger partial charge >= 0.3 is 0 Å². The normalized spacial score (nSPS) is 23.4. The predicted octanol–water partition coefficient (Wildman–Crippen LogP) is 3.97. The van der Waals surface area contributed by atoms with Gasteiger partial charge < -0.3 is 4.90 Å². The van der Waals surface area contributed by atoms with Crippen molar-refractivity contribution in [3.63, 3.8) is 0 Å². The average molecular weight is 272 g/mol. The maximum absolute atomic E-state index is 12.8. The second-order valence-electron chi connectivity index (χ2n) is 6.25. The van der Waals surface area contributed by atoms with Crippen molar-refractivity contribution in [1.29, 1.82) is 0 Å². The molecular weight excluding hydrogens is 246 g/mol. The standard InChI is InChI=1S/C15H26ClNO/c1-15(9-3-2-4-10-15)14(18)17(12-6-11-16)13-7-5-8-13/h13H,2-12H2,1H3. The van der Waals surface area contributed by atoms with Crippen LogP contribution in [0, 0.1) is 5.41 Å². The minimum Gasteiger partial charge on any atom is -0.339 e. The maximum Gasteiger partial charge on any atom is 0.228 e. The van der Waals surface area contributed by atoms with Crippen molar-refractivity contribution in [1.82, 2.24) is 4.90 Å². The highest BCUT2D eigenvalue weighted by atomic mass is 35.5. The first-order valence-electron chi connectivity index (χ1n) is 7.54. The fourth-order valence-corrected chi connectivity index (χ4v) is 3.39. The number of carbonyl (C=O) groups excluding carboxylic acids is 1. The summed E-state index contributed by atoms with van der Waals surface area (Å²) < 4.78 is 0. The van der Waals surface area contributed by atoms with Crippen LogP contribution in [0.2, 0.25) is 0 Å². The average Bonchev–Trinajstić information content (AvgIpc) is 2.32. The third kappa shape index (κ3) is 3.01. The first-order chi connectivity index (χ1) is 8.67. The monoisotopic (exact) mass is 271 g/mol. The molecule has 104 valence electrons. The van der Waals surface area contributed by atoms with Gasteiger partial charge in [0, 0.05) is 23.9 Å². The van der Waals surface area contributed by atoms with Gasteiger partial charge in [0.15, 0.2) is 0 Å². The molecule has 18 heavy (non-hydrogen) atoms. The van der Waals surface area contributed by atoms with E-state index in [0.29, 0.717) is 17.8 Å². The lowest BCUT2D eigenvalue weighted by Gasteiger charge is -2.44. The Labute approximate surface area is 116 Å². The van der Waals surface area contributed by atoms with Gasteiger partial charge in [-0.25, -0.2) is 0 Å². The molecule has 2 saturated carbocycles. The van der Waals surface area contributed by atoms with E-state index in [1.165, 1.54) is 38.5 Å². The molecule has 2 aliphatic rings. The largest absolute Gasteiger partial charge is 0.339 e. The van der Waals surface area contributed by atoms with Crippen molar-refractivity contribution in [3.8, 4) is 0 Å². The number of rotatable bonds is 5.